The number of hydrogen-bond acceptors (Lipinski definition) is 3. The summed E-state index contributed by atoms with van der Waals surface area (Å²) in [4.78, 5) is 11.9. The number of carbonyl (C=O) groups is 1. The largest absolute Gasteiger partial charge is 0.508 e. The summed E-state index contributed by atoms with van der Waals surface area (Å²) in [6, 6.07) is 7.54. The van der Waals surface area contributed by atoms with E-state index in [9.17, 15) is 14.3 Å². The van der Waals surface area contributed by atoms with E-state index in [2.05, 4.69) is 0 Å². The number of benzene rings is 2. The average Bonchev–Trinajstić information content (AvgIpc) is 2.50. The molecule has 0 saturated carbocycles. The summed E-state index contributed by atoms with van der Waals surface area (Å²) in [6.45, 7) is 1.67. The molecule has 0 aliphatic carbocycles. The molecule has 0 spiro atoms. The molecule has 1 heterocycles. The van der Waals surface area contributed by atoms with Gasteiger partial charge in [-0.3, -0.25) is 0 Å². The second-order valence-electron chi connectivity index (χ2n) is 4.56. The number of ether oxygens (including phenoxy) is 1. The summed E-state index contributed by atoms with van der Waals surface area (Å²) in [5, 5.41) is 9.48. The van der Waals surface area contributed by atoms with Crippen molar-refractivity contribution in [2.24, 2.45) is 0 Å². The number of hydrogen-bond donors (Lipinski definition) is 1. The highest BCUT2D eigenvalue weighted by Gasteiger charge is 2.23. The minimum absolute atomic E-state index is 0.0674. The lowest BCUT2D eigenvalue weighted by Crippen LogP contribution is -2.04. The van der Waals surface area contributed by atoms with E-state index in [0.29, 0.717) is 27.8 Å². The Labute approximate surface area is 109 Å². The number of fused-ring (bicyclic) bond motifs is 3. The maximum Gasteiger partial charge on any atom is 0.339 e. The van der Waals surface area contributed by atoms with Crippen molar-refractivity contribution >= 4 is 5.97 Å². The Morgan fingerprint density at radius 1 is 1.16 bits per heavy atom. The number of cyclic esters (lactones) is 1. The van der Waals surface area contributed by atoms with Crippen LogP contribution in [0.5, 0.6) is 5.75 Å². The monoisotopic (exact) mass is 258 g/mol. The first-order chi connectivity index (χ1) is 9.06. The van der Waals surface area contributed by atoms with Crippen molar-refractivity contribution in [2.45, 2.75) is 13.5 Å². The van der Waals surface area contributed by atoms with Crippen LogP contribution in [-0.4, -0.2) is 11.1 Å². The lowest BCUT2D eigenvalue weighted by Gasteiger charge is -2.09. The van der Waals surface area contributed by atoms with Gasteiger partial charge in [-0.15, -0.1) is 0 Å². The lowest BCUT2D eigenvalue weighted by molar-refractivity contribution is 0.0478. The van der Waals surface area contributed by atoms with E-state index in [0.717, 1.165) is 0 Å². The van der Waals surface area contributed by atoms with Crippen LogP contribution in [0.4, 0.5) is 4.39 Å². The fraction of sp³-hybridized carbons (Fsp3) is 0.133. The Kier molecular flexibility index (Phi) is 2.52. The van der Waals surface area contributed by atoms with E-state index in [1.165, 1.54) is 24.3 Å². The molecule has 0 unspecified atom stereocenters. The Morgan fingerprint density at radius 3 is 2.74 bits per heavy atom. The molecule has 0 fully saturated rings. The molecule has 4 heteroatoms. The Bertz CT molecular complexity index is 692. The number of aromatic hydroxyl groups is 1. The fourth-order valence-corrected chi connectivity index (χ4v) is 2.26. The number of phenols is 1. The number of carbonyl (C=O) groups excluding carboxylic acids is 1. The first kappa shape index (κ1) is 11.7. The second-order valence-corrected chi connectivity index (χ2v) is 4.56. The van der Waals surface area contributed by atoms with Crippen LogP contribution < -0.4 is 0 Å². The number of phenolic OH excluding ortho intramolecular Hbond substituents is 1. The predicted molar refractivity (Wildman–Crippen MR) is 67.4 cm³/mol. The molecule has 0 bridgehead atoms. The highest BCUT2D eigenvalue weighted by Crippen LogP contribution is 2.34. The molecule has 3 nitrogen and oxygen atoms in total. The second kappa shape index (κ2) is 4.09. The van der Waals surface area contributed by atoms with E-state index in [4.69, 9.17) is 4.74 Å². The predicted octanol–water partition coefficient (Wildman–Crippen LogP) is 3.18. The van der Waals surface area contributed by atoms with Crippen LogP contribution >= 0.6 is 0 Å². The molecule has 2 aromatic rings. The van der Waals surface area contributed by atoms with Gasteiger partial charge in [0.15, 0.2) is 0 Å². The third kappa shape index (κ3) is 1.85. The van der Waals surface area contributed by atoms with Gasteiger partial charge < -0.3 is 9.84 Å². The first-order valence-electron chi connectivity index (χ1n) is 5.86. The van der Waals surface area contributed by atoms with Gasteiger partial charge >= 0.3 is 5.97 Å². The zero-order valence-corrected chi connectivity index (χ0v) is 10.2. The molecular weight excluding hydrogens is 247 g/mol. The highest BCUT2D eigenvalue weighted by molar-refractivity contribution is 5.99. The highest BCUT2D eigenvalue weighted by atomic mass is 19.1. The normalized spacial score (nSPS) is 13.3. The van der Waals surface area contributed by atoms with Crippen LogP contribution in [0.15, 0.2) is 30.3 Å². The molecule has 0 amide bonds. The topological polar surface area (TPSA) is 46.5 Å². The van der Waals surface area contributed by atoms with Crippen molar-refractivity contribution < 1.29 is 19.0 Å². The van der Waals surface area contributed by atoms with Gasteiger partial charge in [0.1, 0.15) is 18.2 Å². The van der Waals surface area contributed by atoms with Crippen molar-refractivity contribution in [1.82, 2.24) is 0 Å². The molecule has 19 heavy (non-hydrogen) atoms. The summed E-state index contributed by atoms with van der Waals surface area (Å²) >= 11 is 0. The average molecular weight is 258 g/mol. The van der Waals surface area contributed by atoms with E-state index >= 15 is 0 Å². The number of esters is 1. The summed E-state index contributed by atoms with van der Waals surface area (Å²) in [6.07, 6.45) is 0. The van der Waals surface area contributed by atoms with E-state index in [1.807, 2.05) is 0 Å². The minimum atomic E-state index is -0.478. The van der Waals surface area contributed by atoms with Gasteiger partial charge in [0.25, 0.3) is 0 Å². The fourth-order valence-electron chi connectivity index (χ4n) is 2.26. The van der Waals surface area contributed by atoms with E-state index in [-0.39, 0.29) is 18.2 Å². The maximum atomic E-state index is 13.7. The van der Waals surface area contributed by atoms with Gasteiger partial charge in [-0.2, -0.15) is 0 Å². The summed E-state index contributed by atoms with van der Waals surface area (Å²) < 4.78 is 18.9. The van der Waals surface area contributed by atoms with Crippen molar-refractivity contribution in [1.29, 1.82) is 0 Å². The van der Waals surface area contributed by atoms with Crippen LogP contribution in [0, 0.1) is 12.7 Å². The maximum absolute atomic E-state index is 13.7. The Hall–Kier alpha value is -2.36. The minimum Gasteiger partial charge on any atom is -0.508 e. The molecule has 0 atom stereocenters. The van der Waals surface area contributed by atoms with Gasteiger partial charge in [0.05, 0.1) is 5.56 Å². The summed E-state index contributed by atoms with van der Waals surface area (Å²) in [5.74, 6) is -0.757. The van der Waals surface area contributed by atoms with Crippen LogP contribution in [0.1, 0.15) is 21.5 Å². The summed E-state index contributed by atoms with van der Waals surface area (Å²) in [5.41, 5.74) is 2.62. The Morgan fingerprint density at radius 2 is 1.95 bits per heavy atom. The van der Waals surface area contributed by atoms with Crippen LogP contribution in [-0.2, 0) is 11.3 Å². The number of halogens is 1. The van der Waals surface area contributed by atoms with Gasteiger partial charge in [0.2, 0.25) is 0 Å². The molecule has 1 N–H and O–H groups in total. The van der Waals surface area contributed by atoms with Crippen molar-refractivity contribution in [3.8, 4) is 16.9 Å². The van der Waals surface area contributed by atoms with E-state index in [1.54, 1.807) is 13.0 Å². The molecule has 1 aliphatic heterocycles. The zero-order chi connectivity index (χ0) is 13.6. The SMILES string of the molecule is Cc1cc2c(cc1F)-c1ccc(O)cc1COC2=O. The van der Waals surface area contributed by atoms with Gasteiger partial charge in [0, 0.05) is 5.56 Å². The van der Waals surface area contributed by atoms with Crippen molar-refractivity contribution in [3.63, 3.8) is 0 Å². The van der Waals surface area contributed by atoms with Gasteiger partial charge in [-0.05, 0) is 47.9 Å². The van der Waals surface area contributed by atoms with Crippen LogP contribution in [0.2, 0.25) is 0 Å². The lowest BCUT2D eigenvalue weighted by atomic mass is 9.95. The third-order valence-electron chi connectivity index (χ3n) is 3.26. The number of rotatable bonds is 0. The summed E-state index contributed by atoms with van der Waals surface area (Å²) in [7, 11) is 0. The quantitative estimate of drug-likeness (QED) is 0.738. The molecule has 96 valence electrons. The van der Waals surface area contributed by atoms with E-state index < -0.39 is 5.97 Å². The van der Waals surface area contributed by atoms with Crippen LogP contribution in [0.25, 0.3) is 11.1 Å². The molecular formula is C15H11FO3. The smallest absolute Gasteiger partial charge is 0.339 e. The van der Waals surface area contributed by atoms with Crippen molar-refractivity contribution in [3.05, 3.63) is 52.8 Å². The number of aryl methyl sites for hydroxylation is 1. The van der Waals surface area contributed by atoms with Gasteiger partial charge in [-0.1, -0.05) is 6.07 Å². The molecule has 3 rings (SSSR count). The standard InChI is InChI=1S/C15H11FO3/c1-8-4-13-12(6-14(8)16)11-3-2-10(17)5-9(11)7-19-15(13)18/h2-6,17H,7H2,1H3. The zero-order valence-electron chi connectivity index (χ0n) is 10.2. The Balaban J connectivity index is 2.33. The third-order valence-corrected chi connectivity index (χ3v) is 3.26. The van der Waals surface area contributed by atoms with Crippen LogP contribution in [0.3, 0.4) is 0 Å². The van der Waals surface area contributed by atoms with Crippen molar-refractivity contribution in [2.75, 3.05) is 0 Å². The molecule has 0 saturated heterocycles. The molecule has 0 aromatic heterocycles. The van der Waals surface area contributed by atoms with Gasteiger partial charge in [-0.25, -0.2) is 9.18 Å². The molecule has 1 aliphatic rings. The molecule has 2 aromatic carbocycles. The first-order valence-corrected chi connectivity index (χ1v) is 5.86. The molecule has 0 radical (unpaired) electrons.